The summed E-state index contributed by atoms with van der Waals surface area (Å²) < 4.78 is 67.5. The lowest BCUT2D eigenvalue weighted by atomic mass is 10.1. The Morgan fingerprint density at radius 1 is 1.14 bits per heavy atom. The molecule has 194 valence electrons. The van der Waals surface area contributed by atoms with E-state index < -0.39 is 64.0 Å². The van der Waals surface area contributed by atoms with Crippen molar-refractivity contribution in [3.63, 3.8) is 0 Å². The SMILES string of the molecule is CN(C(=O)c1cc(NC(=O)C2CC2(Cl)Cl)ccc1Cl)c1ccc(F)c(NC(=O)COC(F)(F)F)c1F. The molecule has 1 fully saturated rings. The molecule has 36 heavy (non-hydrogen) atoms. The minimum atomic E-state index is -5.13. The van der Waals surface area contributed by atoms with Crippen LogP contribution in [0.4, 0.5) is 39.0 Å². The van der Waals surface area contributed by atoms with E-state index in [4.69, 9.17) is 34.8 Å². The highest BCUT2D eigenvalue weighted by Gasteiger charge is 2.56. The summed E-state index contributed by atoms with van der Waals surface area (Å²) in [5.74, 6) is -6.28. The first kappa shape index (κ1) is 27.9. The highest BCUT2D eigenvalue weighted by Crippen LogP contribution is 2.53. The van der Waals surface area contributed by atoms with E-state index in [9.17, 15) is 36.3 Å². The van der Waals surface area contributed by atoms with Gasteiger partial charge in [-0.2, -0.15) is 0 Å². The van der Waals surface area contributed by atoms with Gasteiger partial charge in [-0.15, -0.1) is 36.4 Å². The third kappa shape index (κ3) is 6.55. The summed E-state index contributed by atoms with van der Waals surface area (Å²) in [4.78, 5) is 37.6. The van der Waals surface area contributed by atoms with Crippen LogP contribution in [0.5, 0.6) is 0 Å². The average Bonchev–Trinajstić information content (AvgIpc) is 3.43. The smallest absolute Gasteiger partial charge is 0.326 e. The molecule has 2 N–H and O–H groups in total. The Bertz CT molecular complexity index is 1230. The van der Waals surface area contributed by atoms with Crippen LogP contribution < -0.4 is 15.5 Å². The summed E-state index contributed by atoms with van der Waals surface area (Å²) in [6.45, 7) is -1.55. The van der Waals surface area contributed by atoms with Gasteiger partial charge < -0.3 is 15.5 Å². The predicted molar refractivity (Wildman–Crippen MR) is 122 cm³/mol. The summed E-state index contributed by atoms with van der Waals surface area (Å²) in [7, 11) is 1.11. The molecule has 0 radical (unpaired) electrons. The summed E-state index contributed by atoms with van der Waals surface area (Å²) in [5.41, 5.74) is -1.64. The standard InChI is InChI=1S/C21H15Cl3F5N3O4/c1-32(14-5-4-13(25)17(16(14)26)31-15(33)8-36-21(27,28)29)19(35)10-6-9(2-3-12(10)22)30-18(34)11-7-20(11,23)24/h2-6,11H,7-8H2,1H3,(H,30,34)(H,31,33). The molecular formula is C21H15Cl3F5N3O4. The second-order valence-corrected chi connectivity index (χ2v) is 9.55. The van der Waals surface area contributed by atoms with E-state index in [1.165, 1.54) is 18.2 Å². The summed E-state index contributed by atoms with van der Waals surface area (Å²) in [6.07, 6.45) is -4.89. The van der Waals surface area contributed by atoms with Gasteiger partial charge in [-0.25, -0.2) is 8.78 Å². The zero-order valence-electron chi connectivity index (χ0n) is 18.0. The highest BCUT2D eigenvalue weighted by molar-refractivity contribution is 6.52. The largest absolute Gasteiger partial charge is 0.523 e. The van der Waals surface area contributed by atoms with Gasteiger partial charge in [-0.1, -0.05) is 11.6 Å². The van der Waals surface area contributed by atoms with Crippen molar-refractivity contribution in [3.05, 3.63) is 52.6 Å². The van der Waals surface area contributed by atoms with E-state index in [2.05, 4.69) is 10.1 Å². The number of amides is 3. The van der Waals surface area contributed by atoms with Crippen molar-refractivity contribution in [2.75, 3.05) is 29.2 Å². The van der Waals surface area contributed by atoms with Crippen molar-refractivity contribution in [2.45, 2.75) is 17.1 Å². The van der Waals surface area contributed by atoms with E-state index in [1.807, 2.05) is 0 Å². The van der Waals surface area contributed by atoms with Gasteiger partial charge in [0.1, 0.15) is 22.4 Å². The molecule has 1 aliphatic rings. The maximum atomic E-state index is 15.0. The number of hydrogen-bond donors (Lipinski definition) is 2. The number of hydrogen-bond acceptors (Lipinski definition) is 4. The molecule has 0 bridgehead atoms. The maximum Gasteiger partial charge on any atom is 0.523 e. The van der Waals surface area contributed by atoms with E-state index in [0.717, 1.165) is 18.0 Å². The molecule has 0 aliphatic heterocycles. The molecule has 7 nitrogen and oxygen atoms in total. The van der Waals surface area contributed by atoms with Gasteiger partial charge in [0.05, 0.1) is 22.2 Å². The van der Waals surface area contributed by atoms with Crippen molar-refractivity contribution >= 4 is 69.6 Å². The first-order valence-corrected chi connectivity index (χ1v) is 11.0. The van der Waals surface area contributed by atoms with Gasteiger partial charge in [-0.05, 0) is 36.8 Å². The molecule has 0 saturated heterocycles. The summed E-state index contributed by atoms with van der Waals surface area (Å²) in [5, 5.41) is 4.11. The molecule has 1 aliphatic carbocycles. The summed E-state index contributed by atoms with van der Waals surface area (Å²) in [6, 6.07) is 5.48. The van der Waals surface area contributed by atoms with Gasteiger partial charge in [0.2, 0.25) is 5.91 Å². The number of nitrogens with zero attached hydrogens (tertiary/aromatic N) is 1. The topological polar surface area (TPSA) is 87.7 Å². The first-order valence-electron chi connectivity index (χ1n) is 9.85. The molecule has 0 heterocycles. The van der Waals surface area contributed by atoms with Crippen molar-refractivity contribution < 1.29 is 41.1 Å². The van der Waals surface area contributed by atoms with E-state index in [1.54, 1.807) is 5.32 Å². The van der Waals surface area contributed by atoms with Gasteiger partial charge in [-0.3, -0.25) is 19.1 Å². The number of carbonyl (C=O) groups is 3. The lowest BCUT2D eigenvalue weighted by Gasteiger charge is -2.21. The molecule has 3 rings (SSSR count). The minimum absolute atomic E-state index is 0.0688. The minimum Gasteiger partial charge on any atom is -0.326 e. The van der Waals surface area contributed by atoms with E-state index >= 15 is 0 Å². The fraction of sp³-hybridized carbons (Fsp3) is 0.286. The molecule has 1 unspecified atom stereocenters. The third-order valence-corrected chi connectivity index (χ3v) is 6.14. The van der Waals surface area contributed by atoms with Crippen LogP contribution in [0.15, 0.2) is 30.3 Å². The molecule has 3 amide bonds. The molecule has 1 saturated carbocycles. The van der Waals surface area contributed by atoms with Crippen LogP contribution in [0.25, 0.3) is 0 Å². The normalized spacial score (nSPS) is 16.3. The highest BCUT2D eigenvalue weighted by atomic mass is 35.5. The molecule has 2 aromatic carbocycles. The molecule has 2 aromatic rings. The Kier molecular flexibility index (Phi) is 8.04. The quantitative estimate of drug-likeness (QED) is 0.338. The van der Waals surface area contributed by atoms with Gasteiger partial charge in [0.15, 0.2) is 5.82 Å². The number of nitrogens with one attached hydrogen (secondary N) is 2. The van der Waals surface area contributed by atoms with Crippen LogP contribution in [0.2, 0.25) is 5.02 Å². The number of benzene rings is 2. The first-order chi connectivity index (χ1) is 16.6. The average molecular weight is 575 g/mol. The fourth-order valence-electron chi connectivity index (χ4n) is 3.02. The van der Waals surface area contributed by atoms with E-state index in [-0.39, 0.29) is 22.7 Å². The maximum absolute atomic E-state index is 15.0. The van der Waals surface area contributed by atoms with Crippen LogP contribution in [-0.4, -0.2) is 42.1 Å². The van der Waals surface area contributed by atoms with E-state index in [0.29, 0.717) is 6.07 Å². The Labute approximate surface area is 215 Å². The molecule has 1 atom stereocenters. The second-order valence-electron chi connectivity index (χ2n) is 7.60. The number of anilines is 3. The second kappa shape index (κ2) is 10.4. The van der Waals surface area contributed by atoms with Crippen LogP contribution >= 0.6 is 34.8 Å². The van der Waals surface area contributed by atoms with Crippen LogP contribution in [0.3, 0.4) is 0 Å². The molecule has 15 heteroatoms. The molecular weight excluding hydrogens is 560 g/mol. The van der Waals surface area contributed by atoms with Crippen molar-refractivity contribution in [1.29, 1.82) is 0 Å². The number of rotatable bonds is 7. The zero-order chi connectivity index (χ0) is 27.0. The van der Waals surface area contributed by atoms with Crippen LogP contribution in [0, 0.1) is 17.6 Å². The van der Waals surface area contributed by atoms with Crippen molar-refractivity contribution in [1.82, 2.24) is 0 Å². The summed E-state index contributed by atoms with van der Waals surface area (Å²) >= 11 is 17.8. The third-order valence-electron chi connectivity index (χ3n) is 4.97. The number of halogens is 8. The lowest BCUT2D eigenvalue weighted by molar-refractivity contribution is -0.320. The van der Waals surface area contributed by atoms with Crippen LogP contribution in [-0.2, 0) is 14.3 Å². The van der Waals surface area contributed by atoms with Gasteiger partial charge in [0.25, 0.3) is 11.8 Å². The van der Waals surface area contributed by atoms with Crippen molar-refractivity contribution in [3.8, 4) is 0 Å². The monoisotopic (exact) mass is 573 g/mol. The van der Waals surface area contributed by atoms with Crippen molar-refractivity contribution in [2.24, 2.45) is 5.92 Å². The lowest BCUT2D eigenvalue weighted by Crippen LogP contribution is -2.29. The number of alkyl halides is 5. The molecule has 0 aromatic heterocycles. The molecule has 0 spiro atoms. The van der Waals surface area contributed by atoms with Gasteiger partial charge in [0, 0.05) is 12.7 Å². The Balaban J connectivity index is 1.81. The Hall–Kier alpha value is -2.67. The Morgan fingerprint density at radius 3 is 2.36 bits per heavy atom. The Morgan fingerprint density at radius 2 is 1.78 bits per heavy atom. The van der Waals surface area contributed by atoms with Crippen LogP contribution in [0.1, 0.15) is 16.8 Å². The zero-order valence-corrected chi connectivity index (χ0v) is 20.3. The number of ether oxygens (including phenoxy) is 1. The van der Waals surface area contributed by atoms with Gasteiger partial charge >= 0.3 is 6.36 Å². The predicted octanol–water partition coefficient (Wildman–Crippen LogP) is 5.50. The fourth-order valence-corrected chi connectivity index (χ4v) is 3.73. The number of carbonyl (C=O) groups excluding carboxylic acids is 3.